The molecule has 0 saturated carbocycles. The number of nitrogens with two attached hydrogens (primary N) is 1. The summed E-state index contributed by atoms with van der Waals surface area (Å²) in [6.45, 7) is 2.38. The summed E-state index contributed by atoms with van der Waals surface area (Å²) in [5, 5.41) is 0. The van der Waals surface area contributed by atoms with Crippen LogP contribution in [0.5, 0.6) is 0 Å². The van der Waals surface area contributed by atoms with Gasteiger partial charge in [-0.3, -0.25) is 10.2 Å². The Labute approximate surface area is 167 Å². The van der Waals surface area contributed by atoms with Crippen molar-refractivity contribution < 1.29 is 4.79 Å². The molecule has 1 saturated heterocycles. The molecule has 26 heavy (non-hydrogen) atoms. The molecule has 1 heterocycles. The molecule has 2 aromatic rings. The monoisotopic (exact) mass is 395 g/mol. The molecule has 6 heteroatoms. The minimum Gasteiger partial charge on any atom is -0.372 e. The number of amides is 1. The summed E-state index contributed by atoms with van der Waals surface area (Å²) in [4.78, 5) is 13.7. The Hall–Kier alpha value is -1.75. The fourth-order valence-corrected chi connectivity index (χ4v) is 3.20. The van der Waals surface area contributed by atoms with Crippen LogP contribution in [0, 0.1) is 0 Å². The number of rotatable bonds is 6. The van der Waals surface area contributed by atoms with Crippen LogP contribution >= 0.6 is 24.8 Å². The summed E-state index contributed by atoms with van der Waals surface area (Å²) in [6.07, 6.45) is 4.99. The van der Waals surface area contributed by atoms with Crippen molar-refractivity contribution in [2.45, 2.75) is 32.1 Å². The van der Waals surface area contributed by atoms with Crippen molar-refractivity contribution in [3.05, 3.63) is 65.2 Å². The second-order valence-electron chi connectivity index (χ2n) is 6.42. The number of hydrazine groups is 1. The van der Waals surface area contributed by atoms with Crippen LogP contribution in [0.4, 0.5) is 5.69 Å². The molecule has 0 unspecified atom stereocenters. The van der Waals surface area contributed by atoms with Gasteiger partial charge in [0.1, 0.15) is 0 Å². The molecule has 1 fully saturated rings. The van der Waals surface area contributed by atoms with Crippen molar-refractivity contribution in [2.24, 2.45) is 5.84 Å². The lowest BCUT2D eigenvalue weighted by atomic mass is 10.0. The first kappa shape index (κ1) is 22.3. The van der Waals surface area contributed by atoms with E-state index in [1.807, 2.05) is 12.1 Å². The van der Waals surface area contributed by atoms with Crippen molar-refractivity contribution in [1.82, 2.24) is 5.43 Å². The lowest BCUT2D eigenvalue weighted by molar-refractivity contribution is -0.120. The van der Waals surface area contributed by atoms with E-state index >= 15 is 0 Å². The highest BCUT2D eigenvalue weighted by Gasteiger charge is 2.11. The lowest BCUT2D eigenvalue weighted by Crippen LogP contribution is -2.31. The molecule has 0 spiro atoms. The van der Waals surface area contributed by atoms with Crippen LogP contribution < -0.4 is 16.2 Å². The molecule has 2 aromatic carbocycles. The maximum Gasteiger partial charge on any atom is 0.238 e. The first-order valence-corrected chi connectivity index (χ1v) is 8.66. The Morgan fingerprint density at radius 2 is 1.31 bits per heavy atom. The van der Waals surface area contributed by atoms with Crippen molar-refractivity contribution in [2.75, 3.05) is 18.0 Å². The molecule has 3 rings (SSSR count). The molecule has 142 valence electrons. The Balaban J connectivity index is 0.00000169. The summed E-state index contributed by atoms with van der Waals surface area (Å²) < 4.78 is 0. The molecule has 0 atom stereocenters. The highest BCUT2D eigenvalue weighted by Crippen LogP contribution is 2.21. The standard InChI is InChI=1S/C20H25N3O.2ClH/c21-22-20(24)15-18-7-5-16(6-8-18)3-4-17-9-11-19(12-10-17)23-13-1-2-14-23;;/h5-12H,1-4,13-15,21H2,(H,22,24);2*1H. The highest BCUT2D eigenvalue weighted by molar-refractivity contribution is 5.85. The first-order chi connectivity index (χ1) is 11.7. The van der Waals surface area contributed by atoms with Gasteiger partial charge in [0.2, 0.25) is 5.91 Å². The van der Waals surface area contributed by atoms with Gasteiger partial charge in [0.05, 0.1) is 6.42 Å². The normalized spacial score (nSPS) is 12.9. The van der Waals surface area contributed by atoms with Gasteiger partial charge in [0.25, 0.3) is 0 Å². The van der Waals surface area contributed by atoms with Crippen molar-refractivity contribution in [3.63, 3.8) is 0 Å². The van der Waals surface area contributed by atoms with Crippen LogP contribution in [0.25, 0.3) is 0 Å². The van der Waals surface area contributed by atoms with E-state index in [-0.39, 0.29) is 30.7 Å². The number of nitrogens with one attached hydrogen (secondary N) is 1. The predicted octanol–water partition coefficient (Wildman–Crippen LogP) is 3.45. The van der Waals surface area contributed by atoms with E-state index in [1.165, 1.54) is 42.7 Å². The van der Waals surface area contributed by atoms with E-state index < -0.39 is 0 Å². The second-order valence-corrected chi connectivity index (χ2v) is 6.42. The topological polar surface area (TPSA) is 58.4 Å². The second kappa shape index (κ2) is 11.1. The summed E-state index contributed by atoms with van der Waals surface area (Å²) in [6, 6.07) is 17.2. The van der Waals surface area contributed by atoms with Gasteiger partial charge in [-0.2, -0.15) is 0 Å². The maximum absolute atomic E-state index is 11.3. The Bertz CT molecular complexity index is 668. The van der Waals surface area contributed by atoms with Crippen LogP contribution in [0.3, 0.4) is 0 Å². The summed E-state index contributed by atoms with van der Waals surface area (Å²) >= 11 is 0. The Morgan fingerprint density at radius 3 is 1.81 bits per heavy atom. The van der Waals surface area contributed by atoms with Crippen molar-refractivity contribution >= 4 is 36.4 Å². The highest BCUT2D eigenvalue weighted by atomic mass is 35.5. The molecule has 1 amide bonds. The van der Waals surface area contributed by atoms with Crippen LogP contribution in [-0.4, -0.2) is 19.0 Å². The van der Waals surface area contributed by atoms with Gasteiger partial charge in [0, 0.05) is 18.8 Å². The molecular formula is C20H27Cl2N3O. The third kappa shape index (κ3) is 6.20. The fraction of sp³-hybridized carbons (Fsp3) is 0.350. The molecule has 0 radical (unpaired) electrons. The summed E-state index contributed by atoms with van der Waals surface area (Å²) in [5.41, 5.74) is 7.14. The number of carbonyl (C=O) groups is 1. The Kier molecular flexibility index (Phi) is 9.49. The zero-order chi connectivity index (χ0) is 16.8. The number of halogens is 2. The number of hydrogen-bond acceptors (Lipinski definition) is 3. The number of anilines is 1. The number of aryl methyl sites for hydroxylation is 2. The quantitative estimate of drug-likeness (QED) is 0.447. The smallest absolute Gasteiger partial charge is 0.238 e. The Morgan fingerprint density at radius 1 is 0.846 bits per heavy atom. The van der Waals surface area contributed by atoms with Crippen molar-refractivity contribution in [3.8, 4) is 0 Å². The lowest BCUT2D eigenvalue weighted by Gasteiger charge is -2.17. The van der Waals surface area contributed by atoms with Gasteiger partial charge in [0.15, 0.2) is 0 Å². The average molecular weight is 396 g/mol. The molecule has 0 aliphatic carbocycles. The van der Waals surface area contributed by atoms with Gasteiger partial charge in [-0.05, 0) is 54.5 Å². The zero-order valence-corrected chi connectivity index (χ0v) is 16.5. The van der Waals surface area contributed by atoms with Crippen LogP contribution in [0.15, 0.2) is 48.5 Å². The molecule has 1 aliphatic rings. The molecule has 3 N–H and O–H groups in total. The number of benzene rings is 2. The van der Waals surface area contributed by atoms with Gasteiger partial charge in [-0.1, -0.05) is 36.4 Å². The first-order valence-electron chi connectivity index (χ1n) is 8.66. The van der Waals surface area contributed by atoms with E-state index in [0.717, 1.165) is 18.4 Å². The van der Waals surface area contributed by atoms with E-state index in [1.54, 1.807) is 0 Å². The fourth-order valence-electron chi connectivity index (χ4n) is 3.20. The number of carbonyl (C=O) groups excluding carboxylic acids is 1. The molecule has 1 aliphatic heterocycles. The largest absolute Gasteiger partial charge is 0.372 e. The summed E-state index contributed by atoms with van der Waals surface area (Å²) in [7, 11) is 0. The minimum absolute atomic E-state index is 0. The van der Waals surface area contributed by atoms with Gasteiger partial charge in [-0.25, -0.2) is 5.84 Å². The molecule has 0 bridgehead atoms. The van der Waals surface area contributed by atoms with E-state index in [0.29, 0.717) is 6.42 Å². The van der Waals surface area contributed by atoms with E-state index in [2.05, 4.69) is 46.7 Å². The zero-order valence-electron chi connectivity index (χ0n) is 14.8. The predicted molar refractivity (Wildman–Crippen MR) is 112 cm³/mol. The molecule has 0 aromatic heterocycles. The molecular weight excluding hydrogens is 369 g/mol. The van der Waals surface area contributed by atoms with Crippen LogP contribution in [-0.2, 0) is 24.1 Å². The van der Waals surface area contributed by atoms with E-state index in [9.17, 15) is 4.79 Å². The third-order valence-corrected chi connectivity index (χ3v) is 4.66. The van der Waals surface area contributed by atoms with Gasteiger partial charge >= 0.3 is 0 Å². The molecule has 4 nitrogen and oxygen atoms in total. The SMILES string of the molecule is Cl.Cl.NNC(=O)Cc1ccc(CCc2ccc(N3CCCC3)cc2)cc1. The maximum atomic E-state index is 11.3. The number of hydrogen-bond donors (Lipinski definition) is 2. The average Bonchev–Trinajstić information content (AvgIpc) is 3.16. The third-order valence-electron chi connectivity index (χ3n) is 4.66. The van der Waals surface area contributed by atoms with E-state index in [4.69, 9.17) is 5.84 Å². The van der Waals surface area contributed by atoms with Gasteiger partial charge < -0.3 is 4.90 Å². The van der Waals surface area contributed by atoms with Crippen molar-refractivity contribution in [1.29, 1.82) is 0 Å². The van der Waals surface area contributed by atoms with Crippen LogP contribution in [0.1, 0.15) is 29.5 Å². The summed E-state index contributed by atoms with van der Waals surface area (Å²) in [5.74, 6) is 4.94. The van der Waals surface area contributed by atoms with Crippen LogP contribution in [0.2, 0.25) is 0 Å². The number of nitrogens with zero attached hydrogens (tertiary/aromatic N) is 1. The van der Waals surface area contributed by atoms with Gasteiger partial charge in [-0.15, -0.1) is 24.8 Å². The minimum atomic E-state index is -0.166.